The number of sulfonamides is 1. The molecule has 0 atom stereocenters. The lowest BCUT2D eigenvalue weighted by Gasteiger charge is -2.21. The Balaban J connectivity index is 1.62. The van der Waals surface area contributed by atoms with Crippen molar-refractivity contribution in [3.05, 3.63) is 59.7 Å². The predicted octanol–water partition coefficient (Wildman–Crippen LogP) is 2.72. The monoisotopic (exact) mass is 437 g/mol. The molecule has 0 saturated carbocycles. The minimum Gasteiger partial charge on any atom is -0.381 e. The van der Waals surface area contributed by atoms with Crippen molar-refractivity contribution in [3.63, 3.8) is 0 Å². The van der Waals surface area contributed by atoms with Gasteiger partial charge in [0.15, 0.2) is 9.84 Å². The third-order valence-electron chi connectivity index (χ3n) is 5.24. The first-order chi connectivity index (χ1) is 13.8. The molecule has 158 valence electrons. The lowest BCUT2D eigenvalue weighted by molar-refractivity contribution is 0.0723. The van der Waals surface area contributed by atoms with E-state index in [1.165, 1.54) is 24.3 Å². The maximum atomic E-state index is 12.6. The third kappa shape index (κ3) is 5.88. The zero-order valence-corrected chi connectivity index (χ0v) is 18.1. The van der Waals surface area contributed by atoms with Crippen LogP contribution in [0.15, 0.2) is 58.3 Å². The fourth-order valence-corrected chi connectivity index (χ4v) is 6.17. The number of sulfone groups is 1. The second-order valence-corrected chi connectivity index (χ2v) is 11.2. The van der Waals surface area contributed by atoms with E-state index in [-0.39, 0.29) is 28.0 Å². The van der Waals surface area contributed by atoms with Crippen LogP contribution in [0.25, 0.3) is 0 Å². The number of nitrogens with one attached hydrogen (secondary N) is 1. The van der Waals surface area contributed by atoms with Crippen LogP contribution in [0.1, 0.15) is 24.0 Å². The summed E-state index contributed by atoms with van der Waals surface area (Å²) in [6.45, 7) is 3.44. The molecule has 0 amide bonds. The zero-order valence-electron chi connectivity index (χ0n) is 16.5. The van der Waals surface area contributed by atoms with Gasteiger partial charge in [0.2, 0.25) is 10.0 Å². The first-order valence-corrected chi connectivity index (χ1v) is 12.9. The molecule has 0 unspecified atom stereocenters. The highest BCUT2D eigenvalue weighted by Gasteiger charge is 2.24. The van der Waals surface area contributed by atoms with Crippen LogP contribution in [0, 0.1) is 12.8 Å². The topological polar surface area (TPSA) is 89.5 Å². The van der Waals surface area contributed by atoms with E-state index >= 15 is 0 Å². The van der Waals surface area contributed by atoms with Crippen LogP contribution in [0.3, 0.4) is 0 Å². The lowest BCUT2D eigenvalue weighted by Crippen LogP contribution is -2.26. The SMILES string of the molecule is Cc1ccccc1CCNS(=O)(=O)c1ccc(S(=O)(=O)CC2CCOCC2)cc1. The summed E-state index contributed by atoms with van der Waals surface area (Å²) in [4.78, 5) is 0.218. The van der Waals surface area contributed by atoms with E-state index in [2.05, 4.69) is 4.72 Å². The lowest BCUT2D eigenvalue weighted by atomic mass is 10.0. The van der Waals surface area contributed by atoms with Crippen LogP contribution in [-0.4, -0.2) is 42.3 Å². The average Bonchev–Trinajstić information content (AvgIpc) is 2.70. The number of rotatable bonds is 8. The van der Waals surface area contributed by atoms with Gasteiger partial charge in [-0.05, 0) is 67.5 Å². The highest BCUT2D eigenvalue weighted by atomic mass is 32.2. The van der Waals surface area contributed by atoms with Crippen molar-refractivity contribution in [1.29, 1.82) is 0 Å². The van der Waals surface area contributed by atoms with Gasteiger partial charge in [0.05, 0.1) is 15.5 Å². The molecule has 2 aromatic carbocycles. The van der Waals surface area contributed by atoms with E-state index in [1.807, 2.05) is 31.2 Å². The molecule has 3 rings (SSSR count). The minimum atomic E-state index is -3.69. The Bertz CT molecular complexity index is 1020. The van der Waals surface area contributed by atoms with Gasteiger partial charge < -0.3 is 4.74 Å². The zero-order chi connectivity index (χ0) is 20.9. The van der Waals surface area contributed by atoms with Gasteiger partial charge in [-0.2, -0.15) is 0 Å². The van der Waals surface area contributed by atoms with Crippen molar-refractivity contribution < 1.29 is 21.6 Å². The van der Waals surface area contributed by atoms with E-state index in [1.54, 1.807) is 0 Å². The third-order valence-corrected chi connectivity index (χ3v) is 8.61. The molecule has 6 nitrogen and oxygen atoms in total. The molecule has 1 aliphatic rings. The van der Waals surface area contributed by atoms with Crippen molar-refractivity contribution in [3.8, 4) is 0 Å². The summed E-state index contributed by atoms with van der Waals surface area (Å²) < 4.78 is 58.1. The maximum Gasteiger partial charge on any atom is 0.240 e. The summed E-state index contributed by atoms with van der Waals surface area (Å²) in [6.07, 6.45) is 2.05. The van der Waals surface area contributed by atoms with Crippen molar-refractivity contribution in [2.24, 2.45) is 5.92 Å². The van der Waals surface area contributed by atoms with Crippen molar-refractivity contribution >= 4 is 19.9 Å². The Morgan fingerprint density at radius 3 is 2.21 bits per heavy atom. The van der Waals surface area contributed by atoms with Crippen LogP contribution in [0.4, 0.5) is 0 Å². The van der Waals surface area contributed by atoms with Gasteiger partial charge in [0, 0.05) is 19.8 Å². The molecule has 1 aliphatic heterocycles. The molecule has 29 heavy (non-hydrogen) atoms. The van der Waals surface area contributed by atoms with Gasteiger partial charge in [0.1, 0.15) is 0 Å². The first-order valence-electron chi connectivity index (χ1n) is 9.73. The molecule has 2 aromatic rings. The minimum absolute atomic E-state index is 0.0623. The van der Waals surface area contributed by atoms with Gasteiger partial charge in [-0.1, -0.05) is 24.3 Å². The standard InChI is InChI=1S/C21H27NO5S2/c1-17-4-2-3-5-19(17)10-13-22-29(25,26)21-8-6-20(7-9-21)28(23,24)16-18-11-14-27-15-12-18/h2-9,18,22H,10-16H2,1H3. The number of benzene rings is 2. The Morgan fingerprint density at radius 2 is 1.55 bits per heavy atom. The van der Waals surface area contributed by atoms with Crippen LogP contribution in [-0.2, 0) is 31.0 Å². The molecular weight excluding hydrogens is 410 g/mol. The molecule has 0 aliphatic carbocycles. The summed E-state index contributed by atoms with van der Waals surface area (Å²) in [5, 5.41) is 0. The van der Waals surface area contributed by atoms with Gasteiger partial charge in [-0.3, -0.25) is 0 Å². The fourth-order valence-electron chi connectivity index (χ4n) is 3.44. The molecule has 1 N–H and O–H groups in total. The summed E-state index contributed by atoms with van der Waals surface area (Å²) in [5.41, 5.74) is 2.20. The Hall–Kier alpha value is -1.74. The van der Waals surface area contributed by atoms with Crippen molar-refractivity contribution in [2.75, 3.05) is 25.5 Å². The first kappa shape index (κ1) is 22.0. The molecule has 1 saturated heterocycles. The highest BCUT2D eigenvalue weighted by molar-refractivity contribution is 7.91. The van der Waals surface area contributed by atoms with Crippen molar-refractivity contribution in [1.82, 2.24) is 4.72 Å². The van der Waals surface area contributed by atoms with E-state index in [9.17, 15) is 16.8 Å². The number of hydrogen-bond acceptors (Lipinski definition) is 5. The normalized spacial score (nSPS) is 16.0. The highest BCUT2D eigenvalue weighted by Crippen LogP contribution is 2.22. The Morgan fingerprint density at radius 1 is 0.931 bits per heavy atom. The molecule has 8 heteroatoms. The molecule has 0 spiro atoms. The van der Waals surface area contributed by atoms with Gasteiger partial charge in [-0.25, -0.2) is 21.6 Å². The van der Waals surface area contributed by atoms with Crippen LogP contribution >= 0.6 is 0 Å². The molecule has 1 fully saturated rings. The molecular formula is C21H27NO5S2. The number of ether oxygens (including phenoxy) is 1. The van der Waals surface area contributed by atoms with Crippen LogP contribution in [0.5, 0.6) is 0 Å². The molecule has 0 bridgehead atoms. The maximum absolute atomic E-state index is 12.6. The number of hydrogen-bond donors (Lipinski definition) is 1. The number of aryl methyl sites for hydroxylation is 1. The summed E-state index contributed by atoms with van der Waals surface area (Å²) in [7, 11) is -7.14. The smallest absolute Gasteiger partial charge is 0.240 e. The molecule has 0 radical (unpaired) electrons. The fraction of sp³-hybridized carbons (Fsp3) is 0.429. The predicted molar refractivity (Wildman–Crippen MR) is 112 cm³/mol. The van der Waals surface area contributed by atoms with E-state index in [0.717, 1.165) is 24.0 Å². The Labute approximate surface area is 173 Å². The quantitative estimate of drug-likeness (QED) is 0.686. The second-order valence-electron chi connectivity index (χ2n) is 7.38. The average molecular weight is 438 g/mol. The molecule has 1 heterocycles. The summed E-state index contributed by atoms with van der Waals surface area (Å²) in [5.74, 6) is 0.150. The van der Waals surface area contributed by atoms with Gasteiger partial charge in [0.25, 0.3) is 0 Å². The van der Waals surface area contributed by atoms with Crippen LogP contribution < -0.4 is 4.72 Å². The molecule has 0 aromatic heterocycles. The second kappa shape index (κ2) is 9.38. The van der Waals surface area contributed by atoms with E-state index < -0.39 is 19.9 Å². The van der Waals surface area contributed by atoms with Gasteiger partial charge in [-0.15, -0.1) is 0 Å². The summed E-state index contributed by atoms with van der Waals surface area (Å²) >= 11 is 0. The largest absolute Gasteiger partial charge is 0.381 e. The summed E-state index contributed by atoms with van der Waals surface area (Å²) in [6, 6.07) is 13.3. The van der Waals surface area contributed by atoms with E-state index in [4.69, 9.17) is 4.74 Å². The van der Waals surface area contributed by atoms with Gasteiger partial charge >= 0.3 is 0 Å². The van der Waals surface area contributed by atoms with E-state index in [0.29, 0.717) is 19.6 Å². The van der Waals surface area contributed by atoms with Crippen LogP contribution in [0.2, 0.25) is 0 Å². The van der Waals surface area contributed by atoms with Crippen molar-refractivity contribution in [2.45, 2.75) is 36.0 Å². The Kier molecular flexibility index (Phi) is 7.10.